The van der Waals surface area contributed by atoms with Crippen molar-refractivity contribution in [1.82, 2.24) is 9.29 Å². The Morgan fingerprint density at radius 3 is 2.61 bits per heavy atom. The molecule has 0 aromatic carbocycles. The largest absolute Gasteiger partial charge is 0.481 e. The second-order valence-electron chi connectivity index (χ2n) is 4.92. The van der Waals surface area contributed by atoms with Crippen LogP contribution in [0.25, 0.3) is 0 Å². The molecule has 0 bridgehead atoms. The zero-order valence-electron chi connectivity index (χ0n) is 11.7. The summed E-state index contributed by atoms with van der Waals surface area (Å²) in [5.41, 5.74) is 0. The second kappa shape index (κ2) is 6.32. The van der Waals surface area contributed by atoms with E-state index in [0.717, 1.165) is 22.6 Å². The van der Waals surface area contributed by atoms with E-state index in [1.165, 1.54) is 0 Å². The number of alkyl halides is 3. The highest BCUT2D eigenvalue weighted by Gasteiger charge is 2.36. The van der Waals surface area contributed by atoms with Gasteiger partial charge >= 0.3 is 12.1 Å². The zero-order chi connectivity index (χ0) is 17.3. The molecule has 0 radical (unpaired) electrons. The van der Waals surface area contributed by atoms with E-state index in [9.17, 15) is 26.4 Å². The smallest absolute Gasteiger partial charge is 0.422 e. The lowest BCUT2D eigenvalue weighted by Crippen LogP contribution is -2.30. The molecular weight excluding hydrogens is 341 g/mol. The minimum atomic E-state index is -4.52. The monoisotopic (exact) mass is 354 g/mol. The molecule has 1 aliphatic heterocycles. The first kappa shape index (κ1) is 17.5. The lowest BCUT2D eigenvalue weighted by atomic mass is 10.1. The Labute approximate surface area is 129 Å². The minimum absolute atomic E-state index is 0.0611. The first-order valence-electron chi connectivity index (χ1n) is 6.48. The van der Waals surface area contributed by atoms with Crippen molar-refractivity contribution in [2.45, 2.75) is 17.5 Å². The molecule has 1 aromatic rings. The van der Waals surface area contributed by atoms with Gasteiger partial charge in [-0.2, -0.15) is 17.5 Å². The minimum Gasteiger partial charge on any atom is -0.481 e. The molecule has 7 nitrogen and oxygen atoms in total. The lowest BCUT2D eigenvalue weighted by Gasteiger charge is -2.16. The highest BCUT2D eigenvalue weighted by Crippen LogP contribution is 2.25. The van der Waals surface area contributed by atoms with Crippen LogP contribution in [0.5, 0.6) is 5.88 Å². The van der Waals surface area contributed by atoms with Crippen molar-refractivity contribution in [2.75, 3.05) is 19.7 Å². The van der Waals surface area contributed by atoms with E-state index in [4.69, 9.17) is 5.11 Å². The number of hydrogen-bond donors (Lipinski definition) is 1. The number of nitrogens with zero attached hydrogens (tertiary/aromatic N) is 2. The first-order chi connectivity index (χ1) is 10.6. The standard InChI is InChI=1S/C12H13F3N2O5S/c13-12(14,15)7-22-10-2-1-9(5-16-10)23(20,21)17-4-3-8(6-17)11(18)19/h1-2,5,8H,3-4,6-7H2,(H,18,19). The average molecular weight is 354 g/mol. The predicted octanol–water partition coefficient (Wildman–Crippen LogP) is 1.12. The van der Waals surface area contributed by atoms with Gasteiger partial charge in [-0.3, -0.25) is 4.79 Å². The fraction of sp³-hybridized carbons (Fsp3) is 0.500. The molecule has 0 saturated carbocycles. The quantitative estimate of drug-likeness (QED) is 0.851. The maximum Gasteiger partial charge on any atom is 0.422 e. The van der Waals surface area contributed by atoms with Crippen LogP contribution in [-0.2, 0) is 14.8 Å². The van der Waals surface area contributed by atoms with Crippen molar-refractivity contribution in [3.05, 3.63) is 18.3 Å². The number of pyridine rings is 1. The molecule has 11 heteroatoms. The molecule has 23 heavy (non-hydrogen) atoms. The fourth-order valence-corrected chi connectivity index (χ4v) is 3.50. The number of aliphatic carboxylic acids is 1. The molecule has 0 spiro atoms. The molecule has 0 aliphatic carbocycles. The van der Waals surface area contributed by atoms with Crippen molar-refractivity contribution in [1.29, 1.82) is 0 Å². The van der Waals surface area contributed by atoms with Gasteiger partial charge in [0.05, 0.1) is 12.1 Å². The van der Waals surface area contributed by atoms with Crippen LogP contribution >= 0.6 is 0 Å². The van der Waals surface area contributed by atoms with Gasteiger partial charge in [0.25, 0.3) is 0 Å². The molecule has 0 amide bonds. The van der Waals surface area contributed by atoms with Crippen LogP contribution in [0, 0.1) is 5.92 Å². The van der Waals surface area contributed by atoms with Crippen LogP contribution in [-0.4, -0.2) is 54.7 Å². The van der Waals surface area contributed by atoms with Gasteiger partial charge in [0.2, 0.25) is 15.9 Å². The first-order valence-corrected chi connectivity index (χ1v) is 7.92. The Morgan fingerprint density at radius 1 is 1.43 bits per heavy atom. The normalized spacial score (nSPS) is 19.7. The Kier molecular flexibility index (Phi) is 4.80. The van der Waals surface area contributed by atoms with Gasteiger partial charge in [-0.25, -0.2) is 13.4 Å². The zero-order valence-corrected chi connectivity index (χ0v) is 12.5. The molecular formula is C12H13F3N2O5S. The predicted molar refractivity (Wildman–Crippen MR) is 70.3 cm³/mol. The summed E-state index contributed by atoms with van der Waals surface area (Å²) >= 11 is 0. The van der Waals surface area contributed by atoms with E-state index in [0.29, 0.717) is 0 Å². The fourth-order valence-electron chi connectivity index (χ4n) is 2.06. The van der Waals surface area contributed by atoms with Gasteiger partial charge in [0.15, 0.2) is 6.61 Å². The summed E-state index contributed by atoms with van der Waals surface area (Å²) in [7, 11) is -3.94. The molecule has 2 rings (SSSR count). The van der Waals surface area contributed by atoms with Crippen molar-refractivity contribution in [3.63, 3.8) is 0 Å². The van der Waals surface area contributed by atoms with Gasteiger partial charge in [0, 0.05) is 19.2 Å². The Morgan fingerprint density at radius 2 is 2.13 bits per heavy atom. The Bertz CT molecular complexity index is 675. The molecule has 1 fully saturated rings. The SMILES string of the molecule is O=C(O)C1CCN(S(=O)(=O)c2ccc(OCC(F)(F)F)nc2)C1. The van der Waals surface area contributed by atoms with E-state index in [-0.39, 0.29) is 30.3 Å². The molecule has 1 N–H and O–H groups in total. The van der Waals surface area contributed by atoms with Crippen molar-refractivity contribution in [3.8, 4) is 5.88 Å². The number of sulfonamides is 1. The van der Waals surface area contributed by atoms with Gasteiger partial charge in [0.1, 0.15) is 4.90 Å². The number of halogens is 3. The van der Waals surface area contributed by atoms with E-state index in [1.54, 1.807) is 0 Å². The third kappa shape index (κ3) is 4.32. The van der Waals surface area contributed by atoms with Gasteiger partial charge in [-0.05, 0) is 12.5 Å². The molecule has 1 aromatic heterocycles. The maximum atomic E-state index is 12.3. The van der Waals surface area contributed by atoms with Crippen LogP contribution in [0.15, 0.2) is 23.2 Å². The van der Waals surface area contributed by atoms with Crippen LogP contribution in [0.4, 0.5) is 13.2 Å². The summed E-state index contributed by atoms with van der Waals surface area (Å²) in [6.07, 6.45) is -3.43. The summed E-state index contributed by atoms with van der Waals surface area (Å²) in [4.78, 5) is 14.2. The van der Waals surface area contributed by atoms with E-state index in [1.807, 2.05) is 0 Å². The number of carboxylic acid groups (broad SMARTS) is 1. The van der Waals surface area contributed by atoms with E-state index in [2.05, 4.69) is 9.72 Å². The van der Waals surface area contributed by atoms with E-state index >= 15 is 0 Å². The summed E-state index contributed by atoms with van der Waals surface area (Å²) in [5.74, 6) is -2.20. The third-order valence-electron chi connectivity index (χ3n) is 3.23. The summed E-state index contributed by atoms with van der Waals surface area (Å²) < 4.78 is 66.0. The maximum absolute atomic E-state index is 12.3. The molecule has 1 saturated heterocycles. The Balaban J connectivity index is 2.08. The number of carbonyl (C=O) groups is 1. The molecule has 128 valence electrons. The van der Waals surface area contributed by atoms with E-state index < -0.39 is 34.7 Å². The third-order valence-corrected chi connectivity index (χ3v) is 5.08. The molecule has 1 atom stereocenters. The van der Waals surface area contributed by atoms with Crippen molar-refractivity contribution >= 4 is 16.0 Å². The number of ether oxygens (including phenoxy) is 1. The van der Waals surface area contributed by atoms with Crippen LogP contribution < -0.4 is 4.74 Å². The molecule has 2 heterocycles. The van der Waals surface area contributed by atoms with Crippen LogP contribution in [0.1, 0.15) is 6.42 Å². The summed E-state index contributed by atoms with van der Waals surface area (Å²) in [5, 5.41) is 8.89. The molecule has 1 unspecified atom stereocenters. The number of hydrogen-bond acceptors (Lipinski definition) is 5. The summed E-state index contributed by atoms with van der Waals surface area (Å²) in [6, 6.07) is 2.09. The lowest BCUT2D eigenvalue weighted by molar-refractivity contribution is -0.154. The topological polar surface area (TPSA) is 96.8 Å². The average Bonchev–Trinajstić information content (AvgIpc) is 2.95. The van der Waals surface area contributed by atoms with Crippen LogP contribution in [0.2, 0.25) is 0 Å². The van der Waals surface area contributed by atoms with Crippen molar-refractivity contribution in [2.24, 2.45) is 5.92 Å². The Hall–Kier alpha value is -1.88. The van der Waals surface area contributed by atoms with Crippen LogP contribution in [0.3, 0.4) is 0 Å². The number of rotatable bonds is 5. The van der Waals surface area contributed by atoms with Gasteiger partial charge in [-0.15, -0.1) is 0 Å². The highest BCUT2D eigenvalue weighted by atomic mass is 32.2. The van der Waals surface area contributed by atoms with Crippen molar-refractivity contribution < 1.29 is 36.2 Å². The second-order valence-corrected chi connectivity index (χ2v) is 6.86. The molecule has 1 aliphatic rings. The van der Waals surface area contributed by atoms with Gasteiger partial charge in [-0.1, -0.05) is 0 Å². The summed E-state index contributed by atoms with van der Waals surface area (Å²) in [6.45, 7) is -1.62. The highest BCUT2D eigenvalue weighted by molar-refractivity contribution is 7.89. The number of aromatic nitrogens is 1. The number of carboxylic acids is 1. The van der Waals surface area contributed by atoms with Gasteiger partial charge < -0.3 is 9.84 Å².